The fraction of sp³-hybridized carbons (Fsp3) is 0.500. The van der Waals surface area contributed by atoms with Crippen LogP contribution in [0.2, 0.25) is 0 Å². The van der Waals surface area contributed by atoms with E-state index < -0.39 is 0 Å². The molecule has 1 aromatic carbocycles. The maximum Gasteiger partial charge on any atom is 0.161 e. The third-order valence-electron chi connectivity index (χ3n) is 4.17. The number of hydrogen-bond donors (Lipinski definition) is 1. The van der Waals surface area contributed by atoms with E-state index in [0.29, 0.717) is 0 Å². The summed E-state index contributed by atoms with van der Waals surface area (Å²) >= 11 is 0. The van der Waals surface area contributed by atoms with E-state index in [-0.39, 0.29) is 0 Å². The largest absolute Gasteiger partial charge is 0.370 e. The van der Waals surface area contributed by atoms with Gasteiger partial charge in [-0.05, 0) is 60.6 Å². The van der Waals surface area contributed by atoms with Crippen LogP contribution in [0.5, 0.6) is 0 Å². The summed E-state index contributed by atoms with van der Waals surface area (Å²) in [6.07, 6.45) is 1.09. The van der Waals surface area contributed by atoms with Crippen LogP contribution in [-0.2, 0) is 6.54 Å². The molecule has 0 bridgehead atoms. The summed E-state index contributed by atoms with van der Waals surface area (Å²) in [5.74, 6) is 1.73. The van der Waals surface area contributed by atoms with Crippen molar-refractivity contribution in [3.63, 3.8) is 0 Å². The smallest absolute Gasteiger partial charge is 0.161 e. The summed E-state index contributed by atoms with van der Waals surface area (Å²) in [5.41, 5.74) is 4.50. The zero-order chi connectivity index (χ0) is 18.4. The average molecular weight is 342 g/mol. The molecule has 5 heteroatoms. The van der Waals surface area contributed by atoms with Gasteiger partial charge in [0, 0.05) is 29.9 Å². The van der Waals surface area contributed by atoms with E-state index in [2.05, 4.69) is 79.5 Å². The quantitative estimate of drug-likeness (QED) is 0.747. The molecule has 1 N–H and O–H groups in total. The zero-order valence-corrected chi connectivity index (χ0v) is 16.4. The Morgan fingerprint density at radius 3 is 2.20 bits per heavy atom. The van der Waals surface area contributed by atoms with Gasteiger partial charge in [0.25, 0.3) is 0 Å². The Bertz CT molecular complexity index is 677. The van der Waals surface area contributed by atoms with E-state index in [1.807, 2.05) is 6.92 Å². The van der Waals surface area contributed by atoms with Crippen molar-refractivity contribution in [2.75, 3.05) is 46.6 Å². The van der Waals surface area contributed by atoms with Crippen molar-refractivity contribution in [3.05, 3.63) is 41.1 Å². The predicted octanol–water partition coefficient (Wildman–Crippen LogP) is 3.19. The second kappa shape index (κ2) is 8.92. The molecule has 1 aromatic heterocycles. The Kier molecular flexibility index (Phi) is 6.91. The molecule has 0 unspecified atom stereocenters. The summed E-state index contributed by atoms with van der Waals surface area (Å²) in [7, 11) is 8.35. The van der Waals surface area contributed by atoms with Crippen LogP contribution >= 0.6 is 0 Å². The van der Waals surface area contributed by atoms with Crippen LogP contribution in [0.25, 0.3) is 11.4 Å². The van der Waals surface area contributed by atoms with Crippen LogP contribution in [0.15, 0.2) is 24.3 Å². The number of benzene rings is 1. The lowest BCUT2D eigenvalue weighted by Gasteiger charge is -2.14. The Labute approximate surface area is 152 Å². The molecular weight excluding hydrogens is 310 g/mol. The van der Waals surface area contributed by atoms with Crippen LogP contribution in [0.3, 0.4) is 0 Å². The summed E-state index contributed by atoms with van der Waals surface area (Å²) in [6, 6.07) is 8.52. The molecule has 0 saturated carbocycles. The summed E-state index contributed by atoms with van der Waals surface area (Å²) in [5, 5.41) is 3.47. The molecule has 0 radical (unpaired) electrons. The van der Waals surface area contributed by atoms with E-state index in [0.717, 1.165) is 54.5 Å². The summed E-state index contributed by atoms with van der Waals surface area (Å²) < 4.78 is 0. The highest BCUT2D eigenvalue weighted by Crippen LogP contribution is 2.22. The number of nitrogens with one attached hydrogen (secondary N) is 1. The van der Waals surface area contributed by atoms with Crippen molar-refractivity contribution in [2.24, 2.45) is 0 Å². The molecule has 5 nitrogen and oxygen atoms in total. The first-order valence-corrected chi connectivity index (χ1v) is 8.84. The van der Waals surface area contributed by atoms with Crippen molar-refractivity contribution in [2.45, 2.75) is 26.8 Å². The fourth-order valence-electron chi connectivity index (χ4n) is 2.66. The Morgan fingerprint density at radius 2 is 1.60 bits per heavy atom. The van der Waals surface area contributed by atoms with Crippen molar-refractivity contribution >= 4 is 5.82 Å². The van der Waals surface area contributed by atoms with Gasteiger partial charge in [0.1, 0.15) is 5.82 Å². The van der Waals surface area contributed by atoms with E-state index in [1.54, 1.807) is 0 Å². The lowest BCUT2D eigenvalue weighted by Crippen LogP contribution is -2.17. The predicted molar refractivity (Wildman–Crippen MR) is 106 cm³/mol. The van der Waals surface area contributed by atoms with Crippen LogP contribution in [0.4, 0.5) is 5.82 Å². The number of hydrogen-bond acceptors (Lipinski definition) is 5. The second-order valence-electron chi connectivity index (χ2n) is 7.12. The third kappa shape index (κ3) is 5.80. The van der Waals surface area contributed by atoms with Gasteiger partial charge in [-0.15, -0.1) is 0 Å². The first-order chi connectivity index (χ1) is 11.9. The monoisotopic (exact) mass is 341 g/mol. The lowest BCUT2D eigenvalue weighted by molar-refractivity contribution is 0.402. The van der Waals surface area contributed by atoms with Crippen LogP contribution in [-0.4, -0.2) is 61.0 Å². The normalized spacial score (nSPS) is 11.4. The molecule has 1 heterocycles. The second-order valence-corrected chi connectivity index (χ2v) is 7.12. The zero-order valence-electron chi connectivity index (χ0n) is 16.4. The van der Waals surface area contributed by atoms with Crippen LogP contribution in [0.1, 0.15) is 23.2 Å². The topological polar surface area (TPSA) is 44.3 Å². The van der Waals surface area contributed by atoms with Crippen molar-refractivity contribution < 1.29 is 0 Å². The fourth-order valence-corrected chi connectivity index (χ4v) is 2.66. The van der Waals surface area contributed by atoms with Gasteiger partial charge in [0.15, 0.2) is 5.82 Å². The number of aryl methyl sites for hydroxylation is 1. The summed E-state index contributed by atoms with van der Waals surface area (Å²) in [4.78, 5) is 13.8. The molecule has 0 aliphatic rings. The number of rotatable bonds is 8. The first-order valence-electron chi connectivity index (χ1n) is 8.84. The van der Waals surface area contributed by atoms with Gasteiger partial charge in [-0.1, -0.05) is 24.3 Å². The van der Waals surface area contributed by atoms with Gasteiger partial charge >= 0.3 is 0 Å². The van der Waals surface area contributed by atoms with Gasteiger partial charge in [0.05, 0.1) is 0 Å². The first kappa shape index (κ1) is 19.3. The molecule has 25 heavy (non-hydrogen) atoms. The minimum atomic E-state index is 0.787. The molecule has 136 valence electrons. The standard InChI is InChI=1S/C20H31N5/c1-15-16(2)22-20(23-19(15)21-12-7-13-24(3)4)18-10-8-17(9-11-18)14-25(5)6/h8-11H,7,12-14H2,1-6H3,(H,21,22,23). The molecule has 2 rings (SSSR count). The SMILES string of the molecule is Cc1nc(-c2ccc(CN(C)C)cc2)nc(NCCCN(C)C)c1C. The Morgan fingerprint density at radius 1 is 0.920 bits per heavy atom. The third-order valence-corrected chi connectivity index (χ3v) is 4.17. The minimum Gasteiger partial charge on any atom is -0.370 e. The number of nitrogens with zero attached hydrogens (tertiary/aromatic N) is 4. The van der Waals surface area contributed by atoms with Crippen molar-refractivity contribution in [1.29, 1.82) is 0 Å². The average Bonchev–Trinajstić information content (AvgIpc) is 2.55. The molecule has 0 aliphatic heterocycles. The minimum absolute atomic E-state index is 0.787. The summed E-state index contributed by atoms with van der Waals surface area (Å²) in [6.45, 7) is 7.04. The molecule has 0 amide bonds. The molecule has 0 saturated heterocycles. The molecule has 0 fully saturated rings. The van der Waals surface area contributed by atoms with Gasteiger partial charge in [-0.25, -0.2) is 9.97 Å². The highest BCUT2D eigenvalue weighted by molar-refractivity contribution is 5.60. The maximum atomic E-state index is 4.76. The Balaban J connectivity index is 2.15. The van der Waals surface area contributed by atoms with Gasteiger partial charge in [-0.3, -0.25) is 0 Å². The molecule has 0 aliphatic carbocycles. The molecular formula is C20H31N5. The highest BCUT2D eigenvalue weighted by Gasteiger charge is 2.10. The Hall–Kier alpha value is -1.98. The molecule has 0 spiro atoms. The van der Waals surface area contributed by atoms with Gasteiger partial charge < -0.3 is 15.1 Å². The van der Waals surface area contributed by atoms with Crippen LogP contribution < -0.4 is 5.32 Å². The van der Waals surface area contributed by atoms with E-state index >= 15 is 0 Å². The number of anilines is 1. The lowest BCUT2D eigenvalue weighted by atomic mass is 10.1. The van der Waals surface area contributed by atoms with E-state index in [1.165, 1.54) is 5.56 Å². The maximum absolute atomic E-state index is 4.76. The molecule has 0 atom stereocenters. The van der Waals surface area contributed by atoms with Crippen molar-refractivity contribution in [1.82, 2.24) is 19.8 Å². The highest BCUT2D eigenvalue weighted by atomic mass is 15.1. The van der Waals surface area contributed by atoms with Crippen LogP contribution in [0, 0.1) is 13.8 Å². The van der Waals surface area contributed by atoms with E-state index in [9.17, 15) is 0 Å². The number of aromatic nitrogens is 2. The van der Waals surface area contributed by atoms with Gasteiger partial charge in [0.2, 0.25) is 0 Å². The van der Waals surface area contributed by atoms with E-state index in [4.69, 9.17) is 4.98 Å². The van der Waals surface area contributed by atoms with Crippen molar-refractivity contribution in [3.8, 4) is 11.4 Å². The van der Waals surface area contributed by atoms with Gasteiger partial charge in [-0.2, -0.15) is 0 Å². The molecule has 2 aromatic rings.